The fourth-order valence-electron chi connectivity index (χ4n) is 2.86. The highest BCUT2D eigenvalue weighted by Crippen LogP contribution is 2.26. The van der Waals surface area contributed by atoms with Crippen molar-refractivity contribution in [1.82, 2.24) is 14.6 Å². The monoisotopic (exact) mass is 361 g/mol. The highest BCUT2D eigenvalue weighted by atomic mass is 19.1. The SMILES string of the molecule is CCOC(=O)c1cc2nc(-c3ccc(F)cc3)cc(-c3ccccc3)n2n1. The lowest BCUT2D eigenvalue weighted by atomic mass is 10.1. The summed E-state index contributed by atoms with van der Waals surface area (Å²) in [5.41, 5.74) is 3.84. The number of halogens is 1. The summed E-state index contributed by atoms with van der Waals surface area (Å²) in [6.45, 7) is 2.01. The van der Waals surface area contributed by atoms with Crippen LogP contribution in [0, 0.1) is 5.82 Å². The zero-order valence-corrected chi connectivity index (χ0v) is 14.6. The molecule has 134 valence electrons. The lowest BCUT2D eigenvalue weighted by Crippen LogP contribution is -2.06. The minimum Gasteiger partial charge on any atom is -0.461 e. The second-order valence-corrected chi connectivity index (χ2v) is 5.92. The maximum absolute atomic E-state index is 13.3. The van der Waals surface area contributed by atoms with E-state index in [1.807, 2.05) is 36.4 Å². The van der Waals surface area contributed by atoms with E-state index in [2.05, 4.69) is 10.1 Å². The molecule has 0 aliphatic carbocycles. The lowest BCUT2D eigenvalue weighted by Gasteiger charge is -2.08. The molecule has 2 aromatic heterocycles. The number of hydrogen-bond donors (Lipinski definition) is 0. The van der Waals surface area contributed by atoms with E-state index in [1.165, 1.54) is 12.1 Å². The van der Waals surface area contributed by atoms with Gasteiger partial charge in [-0.25, -0.2) is 18.7 Å². The van der Waals surface area contributed by atoms with E-state index in [4.69, 9.17) is 4.74 Å². The molecule has 0 spiro atoms. The molecule has 6 heteroatoms. The molecule has 0 amide bonds. The molecule has 0 radical (unpaired) electrons. The van der Waals surface area contributed by atoms with Gasteiger partial charge in [0.25, 0.3) is 0 Å². The number of fused-ring (bicyclic) bond motifs is 1. The van der Waals surface area contributed by atoms with Crippen LogP contribution in [-0.2, 0) is 4.74 Å². The normalized spacial score (nSPS) is 10.9. The van der Waals surface area contributed by atoms with Crippen LogP contribution < -0.4 is 0 Å². The summed E-state index contributed by atoms with van der Waals surface area (Å²) in [6, 6.07) is 19.3. The maximum atomic E-state index is 13.3. The van der Waals surface area contributed by atoms with E-state index in [-0.39, 0.29) is 18.1 Å². The van der Waals surface area contributed by atoms with Crippen LogP contribution in [0.15, 0.2) is 66.7 Å². The van der Waals surface area contributed by atoms with Crippen LogP contribution in [0.2, 0.25) is 0 Å². The van der Waals surface area contributed by atoms with Crippen molar-refractivity contribution in [2.24, 2.45) is 0 Å². The number of nitrogens with zero attached hydrogens (tertiary/aromatic N) is 3. The summed E-state index contributed by atoms with van der Waals surface area (Å²) in [6.07, 6.45) is 0. The molecule has 0 N–H and O–H groups in total. The fourth-order valence-corrected chi connectivity index (χ4v) is 2.86. The number of rotatable bonds is 4. The van der Waals surface area contributed by atoms with Gasteiger partial charge in [-0.3, -0.25) is 0 Å². The molecular formula is C21H16FN3O2. The average Bonchev–Trinajstić information content (AvgIpc) is 3.13. The van der Waals surface area contributed by atoms with Crippen molar-refractivity contribution >= 4 is 11.6 Å². The predicted octanol–water partition coefficient (Wildman–Crippen LogP) is 4.38. The van der Waals surface area contributed by atoms with Crippen LogP contribution >= 0.6 is 0 Å². The molecule has 0 bridgehead atoms. The molecule has 27 heavy (non-hydrogen) atoms. The van der Waals surface area contributed by atoms with Crippen molar-refractivity contribution < 1.29 is 13.9 Å². The summed E-state index contributed by atoms with van der Waals surface area (Å²) in [5, 5.41) is 4.38. The Morgan fingerprint density at radius 2 is 1.78 bits per heavy atom. The minimum atomic E-state index is -0.495. The molecule has 4 aromatic rings. The van der Waals surface area contributed by atoms with Crippen LogP contribution in [0.5, 0.6) is 0 Å². The van der Waals surface area contributed by atoms with Crippen LogP contribution in [0.1, 0.15) is 17.4 Å². The number of esters is 1. The summed E-state index contributed by atoms with van der Waals surface area (Å²) in [7, 11) is 0. The van der Waals surface area contributed by atoms with Gasteiger partial charge in [0.15, 0.2) is 11.3 Å². The fraction of sp³-hybridized carbons (Fsp3) is 0.0952. The minimum absolute atomic E-state index is 0.192. The van der Waals surface area contributed by atoms with E-state index in [1.54, 1.807) is 29.6 Å². The van der Waals surface area contributed by atoms with Crippen molar-refractivity contribution in [3.8, 4) is 22.5 Å². The van der Waals surface area contributed by atoms with Crippen molar-refractivity contribution in [3.63, 3.8) is 0 Å². The Labute approximate surface area is 155 Å². The van der Waals surface area contributed by atoms with Crippen LogP contribution in [0.25, 0.3) is 28.2 Å². The molecule has 4 rings (SSSR count). The molecule has 2 aromatic carbocycles. The van der Waals surface area contributed by atoms with E-state index >= 15 is 0 Å². The van der Waals surface area contributed by atoms with Gasteiger partial charge in [-0.2, -0.15) is 5.10 Å². The zero-order chi connectivity index (χ0) is 18.8. The smallest absolute Gasteiger partial charge is 0.358 e. The molecule has 5 nitrogen and oxygen atoms in total. The quantitative estimate of drug-likeness (QED) is 0.506. The number of benzene rings is 2. The molecule has 0 saturated heterocycles. The van der Waals surface area contributed by atoms with Gasteiger partial charge in [0.1, 0.15) is 5.82 Å². The Bertz CT molecular complexity index is 1110. The predicted molar refractivity (Wildman–Crippen MR) is 99.8 cm³/mol. The summed E-state index contributed by atoms with van der Waals surface area (Å²) >= 11 is 0. The summed E-state index contributed by atoms with van der Waals surface area (Å²) < 4.78 is 19.9. The Hall–Kier alpha value is -3.54. The van der Waals surface area contributed by atoms with Gasteiger partial charge in [0, 0.05) is 17.2 Å². The van der Waals surface area contributed by atoms with Gasteiger partial charge < -0.3 is 4.74 Å². The highest BCUT2D eigenvalue weighted by molar-refractivity contribution is 5.89. The molecule has 0 atom stereocenters. The van der Waals surface area contributed by atoms with Crippen molar-refractivity contribution in [2.75, 3.05) is 6.61 Å². The van der Waals surface area contributed by atoms with Crippen LogP contribution in [0.3, 0.4) is 0 Å². The molecule has 0 aliphatic rings. The van der Waals surface area contributed by atoms with Crippen LogP contribution in [-0.4, -0.2) is 27.2 Å². The van der Waals surface area contributed by atoms with Gasteiger partial charge >= 0.3 is 5.97 Å². The first-order valence-corrected chi connectivity index (χ1v) is 8.55. The van der Waals surface area contributed by atoms with Crippen molar-refractivity contribution in [3.05, 3.63) is 78.2 Å². The first kappa shape index (κ1) is 16.9. The number of hydrogen-bond acceptors (Lipinski definition) is 4. The van der Waals surface area contributed by atoms with Gasteiger partial charge in [0.05, 0.1) is 18.0 Å². The van der Waals surface area contributed by atoms with E-state index in [0.717, 1.165) is 16.8 Å². The highest BCUT2D eigenvalue weighted by Gasteiger charge is 2.17. The molecule has 0 aliphatic heterocycles. The molecular weight excluding hydrogens is 345 g/mol. The van der Waals surface area contributed by atoms with E-state index in [0.29, 0.717) is 11.3 Å². The third-order valence-electron chi connectivity index (χ3n) is 4.12. The molecule has 2 heterocycles. The first-order chi connectivity index (χ1) is 13.2. The lowest BCUT2D eigenvalue weighted by molar-refractivity contribution is 0.0519. The van der Waals surface area contributed by atoms with E-state index < -0.39 is 5.97 Å². The maximum Gasteiger partial charge on any atom is 0.358 e. The third-order valence-corrected chi connectivity index (χ3v) is 4.12. The molecule has 0 saturated carbocycles. The first-order valence-electron chi connectivity index (χ1n) is 8.55. The Morgan fingerprint density at radius 1 is 1.04 bits per heavy atom. The average molecular weight is 361 g/mol. The van der Waals surface area contributed by atoms with Gasteiger partial charge in [0.2, 0.25) is 0 Å². The number of ether oxygens (including phenoxy) is 1. The Balaban J connectivity index is 1.93. The Morgan fingerprint density at radius 3 is 2.48 bits per heavy atom. The summed E-state index contributed by atoms with van der Waals surface area (Å²) in [4.78, 5) is 16.7. The second-order valence-electron chi connectivity index (χ2n) is 5.92. The van der Waals surface area contributed by atoms with Crippen molar-refractivity contribution in [1.29, 1.82) is 0 Å². The topological polar surface area (TPSA) is 56.5 Å². The second kappa shape index (κ2) is 6.99. The summed E-state index contributed by atoms with van der Waals surface area (Å²) in [5.74, 6) is -0.803. The Kier molecular flexibility index (Phi) is 4.38. The number of carbonyl (C=O) groups is 1. The van der Waals surface area contributed by atoms with Gasteiger partial charge in [-0.1, -0.05) is 30.3 Å². The van der Waals surface area contributed by atoms with Gasteiger partial charge in [-0.15, -0.1) is 0 Å². The zero-order valence-electron chi connectivity index (χ0n) is 14.6. The number of aromatic nitrogens is 3. The van der Waals surface area contributed by atoms with Crippen LogP contribution in [0.4, 0.5) is 4.39 Å². The molecule has 0 unspecified atom stereocenters. The van der Waals surface area contributed by atoms with Crippen molar-refractivity contribution in [2.45, 2.75) is 6.92 Å². The molecule has 0 fully saturated rings. The number of carbonyl (C=O) groups excluding carboxylic acids is 1. The van der Waals surface area contributed by atoms with Gasteiger partial charge in [-0.05, 0) is 37.3 Å². The standard InChI is InChI=1S/C21H16FN3O2/c1-2-27-21(26)18-13-20-23-17(14-8-10-16(22)11-9-14)12-19(25(20)24-18)15-6-4-3-5-7-15/h3-13H,2H2,1H3. The third kappa shape index (κ3) is 3.29. The van der Waals surface area contributed by atoms with E-state index in [9.17, 15) is 9.18 Å². The largest absolute Gasteiger partial charge is 0.461 e.